The Bertz CT molecular complexity index is 612. The van der Waals surface area contributed by atoms with Crippen LogP contribution in [0.15, 0.2) is 17.0 Å². The summed E-state index contributed by atoms with van der Waals surface area (Å²) in [5.41, 5.74) is 0.857. The monoisotopic (exact) mass is 314 g/mol. The van der Waals surface area contributed by atoms with Crippen LogP contribution in [0.4, 0.5) is 4.39 Å². The summed E-state index contributed by atoms with van der Waals surface area (Å²) in [5, 5.41) is 3.17. The van der Waals surface area contributed by atoms with E-state index in [0.29, 0.717) is 12.1 Å². The first-order valence-corrected chi connectivity index (χ1v) is 8.79. The van der Waals surface area contributed by atoms with Crippen LogP contribution in [0, 0.1) is 12.7 Å². The van der Waals surface area contributed by atoms with E-state index in [1.54, 1.807) is 13.1 Å². The van der Waals surface area contributed by atoms with Gasteiger partial charge in [0.05, 0.1) is 4.90 Å². The molecule has 1 aromatic carbocycles. The van der Waals surface area contributed by atoms with Gasteiger partial charge in [0.1, 0.15) is 5.82 Å². The molecule has 0 saturated heterocycles. The fourth-order valence-corrected chi connectivity index (χ4v) is 3.97. The molecule has 21 heavy (non-hydrogen) atoms. The zero-order valence-electron chi connectivity index (χ0n) is 12.8. The summed E-state index contributed by atoms with van der Waals surface area (Å²) < 4.78 is 40.6. The number of sulfonamides is 1. The minimum atomic E-state index is -3.62. The van der Waals surface area contributed by atoms with Crippen LogP contribution in [0.3, 0.4) is 0 Å². The van der Waals surface area contributed by atoms with Crippen molar-refractivity contribution in [1.29, 1.82) is 0 Å². The third kappa shape index (κ3) is 3.62. The predicted octanol–water partition coefficient (Wildman–Crippen LogP) is 2.42. The van der Waals surface area contributed by atoms with Crippen LogP contribution in [-0.4, -0.2) is 32.4 Å². The average Bonchev–Trinajstić information content (AvgIpc) is 3.26. The van der Waals surface area contributed by atoms with Crippen LogP contribution in [0.25, 0.3) is 0 Å². The summed E-state index contributed by atoms with van der Waals surface area (Å²) in [5.74, 6) is -0.464. The topological polar surface area (TPSA) is 49.4 Å². The number of nitrogens with one attached hydrogen (secondary N) is 1. The van der Waals surface area contributed by atoms with Crippen molar-refractivity contribution in [2.45, 2.75) is 50.6 Å². The van der Waals surface area contributed by atoms with E-state index >= 15 is 0 Å². The normalized spacial score (nSPS) is 15.7. The summed E-state index contributed by atoms with van der Waals surface area (Å²) in [4.78, 5) is 0.0881. The highest BCUT2D eigenvalue weighted by Crippen LogP contribution is 2.32. The van der Waals surface area contributed by atoms with Crippen LogP contribution < -0.4 is 5.32 Å². The molecule has 1 saturated carbocycles. The maximum Gasteiger partial charge on any atom is 0.243 e. The van der Waals surface area contributed by atoms with Gasteiger partial charge in [0.15, 0.2) is 0 Å². The highest BCUT2D eigenvalue weighted by molar-refractivity contribution is 7.89. The predicted molar refractivity (Wildman–Crippen MR) is 81.1 cm³/mol. The van der Waals surface area contributed by atoms with Crippen molar-refractivity contribution in [3.8, 4) is 0 Å². The van der Waals surface area contributed by atoms with Crippen molar-refractivity contribution in [3.05, 3.63) is 29.1 Å². The van der Waals surface area contributed by atoms with Gasteiger partial charge in [-0.1, -0.05) is 6.92 Å². The SMILES string of the molecule is CCCNCc1cc(F)c(C)c(S(=O)(=O)N(C)C2CC2)c1. The summed E-state index contributed by atoms with van der Waals surface area (Å²) in [6.45, 7) is 4.86. The second kappa shape index (κ2) is 6.42. The summed E-state index contributed by atoms with van der Waals surface area (Å²) in [7, 11) is -2.04. The first-order chi connectivity index (χ1) is 9.87. The molecule has 0 unspecified atom stereocenters. The van der Waals surface area contributed by atoms with Crippen LogP contribution in [0.5, 0.6) is 0 Å². The zero-order chi connectivity index (χ0) is 15.6. The molecule has 1 aliphatic carbocycles. The highest BCUT2D eigenvalue weighted by atomic mass is 32.2. The lowest BCUT2D eigenvalue weighted by molar-refractivity contribution is 0.462. The van der Waals surface area contributed by atoms with Crippen molar-refractivity contribution in [2.24, 2.45) is 0 Å². The van der Waals surface area contributed by atoms with Gasteiger partial charge in [-0.15, -0.1) is 0 Å². The molecule has 6 heteroatoms. The molecular weight excluding hydrogens is 291 g/mol. The Morgan fingerprint density at radius 3 is 2.62 bits per heavy atom. The molecule has 1 aromatic rings. The van der Waals surface area contributed by atoms with E-state index in [2.05, 4.69) is 5.32 Å². The van der Waals surface area contributed by atoms with Gasteiger partial charge in [0.25, 0.3) is 0 Å². The van der Waals surface area contributed by atoms with Crippen LogP contribution in [-0.2, 0) is 16.6 Å². The molecule has 0 atom stereocenters. The van der Waals surface area contributed by atoms with Crippen molar-refractivity contribution in [1.82, 2.24) is 9.62 Å². The van der Waals surface area contributed by atoms with Crippen molar-refractivity contribution in [2.75, 3.05) is 13.6 Å². The number of rotatable bonds is 7. The molecule has 2 rings (SSSR count). The third-order valence-electron chi connectivity index (χ3n) is 3.83. The quantitative estimate of drug-likeness (QED) is 0.786. The summed E-state index contributed by atoms with van der Waals surface area (Å²) >= 11 is 0. The number of hydrogen-bond acceptors (Lipinski definition) is 3. The van der Waals surface area contributed by atoms with E-state index in [1.165, 1.54) is 17.3 Å². The smallest absolute Gasteiger partial charge is 0.243 e. The Morgan fingerprint density at radius 1 is 1.38 bits per heavy atom. The van der Waals surface area contributed by atoms with E-state index in [0.717, 1.165) is 25.8 Å². The van der Waals surface area contributed by atoms with E-state index in [9.17, 15) is 12.8 Å². The van der Waals surface area contributed by atoms with Gasteiger partial charge < -0.3 is 5.32 Å². The maximum atomic E-state index is 14.0. The number of hydrogen-bond donors (Lipinski definition) is 1. The molecule has 0 heterocycles. The van der Waals surface area contributed by atoms with E-state index in [1.807, 2.05) is 6.92 Å². The second-order valence-electron chi connectivity index (χ2n) is 5.63. The lowest BCUT2D eigenvalue weighted by atomic mass is 10.1. The van der Waals surface area contributed by atoms with E-state index in [4.69, 9.17) is 0 Å². The van der Waals surface area contributed by atoms with Crippen molar-refractivity contribution >= 4 is 10.0 Å². The summed E-state index contributed by atoms with van der Waals surface area (Å²) in [6, 6.07) is 3.07. The van der Waals surface area contributed by atoms with Crippen LogP contribution in [0.2, 0.25) is 0 Å². The Kier molecular flexibility index (Phi) is 5.01. The molecule has 0 spiro atoms. The Labute approximate surface area is 126 Å². The number of nitrogens with zero attached hydrogens (tertiary/aromatic N) is 1. The lowest BCUT2D eigenvalue weighted by Gasteiger charge is -2.19. The van der Waals surface area contributed by atoms with Gasteiger partial charge in [-0.25, -0.2) is 12.8 Å². The van der Waals surface area contributed by atoms with Crippen LogP contribution in [0.1, 0.15) is 37.3 Å². The van der Waals surface area contributed by atoms with Crippen molar-refractivity contribution < 1.29 is 12.8 Å². The second-order valence-corrected chi connectivity index (χ2v) is 7.60. The van der Waals surface area contributed by atoms with E-state index in [-0.39, 0.29) is 16.5 Å². The van der Waals surface area contributed by atoms with E-state index < -0.39 is 15.8 Å². The molecule has 1 fully saturated rings. The Balaban J connectivity index is 2.33. The minimum absolute atomic E-state index is 0.0688. The largest absolute Gasteiger partial charge is 0.313 e. The molecule has 0 aliphatic heterocycles. The van der Waals surface area contributed by atoms with Crippen LogP contribution >= 0.6 is 0 Å². The molecule has 0 bridgehead atoms. The number of halogens is 1. The molecule has 4 nitrogen and oxygen atoms in total. The van der Waals surface area contributed by atoms with Gasteiger partial charge in [-0.05, 0) is 50.4 Å². The molecule has 1 N–H and O–H groups in total. The first kappa shape index (κ1) is 16.4. The Morgan fingerprint density at radius 2 is 2.05 bits per heavy atom. The number of benzene rings is 1. The lowest BCUT2D eigenvalue weighted by Crippen LogP contribution is -2.30. The highest BCUT2D eigenvalue weighted by Gasteiger charge is 2.36. The van der Waals surface area contributed by atoms with Crippen molar-refractivity contribution in [3.63, 3.8) is 0 Å². The van der Waals surface area contributed by atoms with Gasteiger partial charge in [0.2, 0.25) is 10.0 Å². The van der Waals surface area contributed by atoms with Gasteiger partial charge in [0, 0.05) is 25.2 Å². The third-order valence-corrected chi connectivity index (χ3v) is 5.87. The maximum absolute atomic E-state index is 14.0. The molecule has 0 amide bonds. The zero-order valence-corrected chi connectivity index (χ0v) is 13.6. The molecule has 118 valence electrons. The average molecular weight is 314 g/mol. The Hall–Kier alpha value is -0.980. The minimum Gasteiger partial charge on any atom is -0.313 e. The molecule has 1 aliphatic rings. The summed E-state index contributed by atoms with van der Waals surface area (Å²) in [6.07, 6.45) is 2.74. The van der Waals surface area contributed by atoms with Gasteiger partial charge in [-0.3, -0.25) is 0 Å². The molecular formula is C15H23FN2O2S. The standard InChI is InChI=1S/C15H23FN2O2S/c1-4-7-17-10-12-8-14(16)11(2)15(9-12)21(19,20)18(3)13-5-6-13/h8-9,13,17H,4-7,10H2,1-3H3. The fraction of sp³-hybridized carbons (Fsp3) is 0.600. The fourth-order valence-electron chi connectivity index (χ4n) is 2.28. The first-order valence-electron chi connectivity index (χ1n) is 7.35. The molecule has 0 radical (unpaired) electrons. The molecule has 0 aromatic heterocycles. The van der Waals surface area contributed by atoms with Gasteiger partial charge >= 0.3 is 0 Å². The van der Waals surface area contributed by atoms with Gasteiger partial charge in [-0.2, -0.15) is 4.31 Å².